The normalized spacial score (nSPS) is 15.2. The van der Waals surface area contributed by atoms with Gasteiger partial charge in [0.2, 0.25) is 0 Å². The zero-order valence-electron chi connectivity index (χ0n) is 12.0. The fraction of sp³-hybridized carbons (Fsp3) is 0.0556. The largest absolute Gasteiger partial charge is 0.355 e. The van der Waals surface area contributed by atoms with Crippen LogP contribution < -0.4 is 5.32 Å². The number of allylic oxidation sites excluding steroid dienone is 1. The lowest BCUT2D eigenvalue weighted by Gasteiger charge is -2.16. The lowest BCUT2D eigenvalue weighted by atomic mass is 9.88. The number of carbonyl (C=O) groups excluding carboxylic acids is 2. The maximum atomic E-state index is 12.4. The van der Waals surface area contributed by atoms with Gasteiger partial charge < -0.3 is 5.32 Å². The molecule has 1 aliphatic rings. The van der Waals surface area contributed by atoms with Crippen molar-refractivity contribution < 1.29 is 9.59 Å². The van der Waals surface area contributed by atoms with Gasteiger partial charge in [0.05, 0.1) is 17.0 Å². The number of aliphatic imine (C=N–C) groups is 1. The molecule has 0 saturated carbocycles. The minimum Gasteiger partial charge on any atom is -0.355 e. The smallest absolute Gasteiger partial charge is 0.255 e. The maximum absolute atomic E-state index is 12.4. The van der Waals surface area contributed by atoms with Gasteiger partial charge in [0.1, 0.15) is 0 Å². The lowest BCUT2D eigenvalue weighted by molar-refractivity contribution is -0.116. The van der Waals surface area contributed by atoms with Crippen LogP contribution in [0.15, 0.2) is 71.2 Å². The number of para-hydroxylation sites is 1. The number of benzene rings is 2. The lowest BCUT2D eigenvalue weighted by Crippen LogP contribution is -2.29. The number of ketones is 1. The second-order valence-corrected chi connectivity index (χ2v) is 4.84. The van der Waals surface area contributed by atoms with E-state index in [-0.39, 0.29) is 11.4 Å². The topological polar surface area (TPSA) is 58.5 Å². The van der Waals surface area contributed by atoms with Crippen molar-refractivity contribution in [2.75, 3.05) is 7.05 Å². The number of rotatable bonds is 2. The van der Waals surface area contributed by atoms with Crippen LogP contribution in [0.25, 0.3) is 0 Å². The third-order valence-electron chi connectivity index (χ3n) is 3.45. The number of hydrogen-bond donors (Lipinski definition) is 1. The highest BCUT2D eigenvalue weighted by Gasteiger charge is 2.27. The third-order valence-corrected chi connectivity index (χ3v) is 3.45. The van der Waals surface area contributed by atoms with Crippen LogP contribution >= 0.6 is 0 Å². The first-order chi connectivity index (χ1) is 10.7. The molecule has 1 amide bonds. The Morgan fingerprint density at radius 1 is 0.955 bits per heavy atom. The van der Waals surface area contributed by atoms with Crippen LogP contribution in [-0.4, -0.2) is 24.4 Å². The van der Waals surface area contributed by atoms with E-state index in [0.717, 1.165) is 11.3 Å². The van der Waals surface area contributed by atoms with Crippen molar-refractivity contribution in [2.45, 2.75) is 0 Å². The first-order valence-electron chi connectivity index (χ1n) is 6.92. The predicted molar refractivity (Wildman–Crippen MR) is 85.6 cm³/mol. The standard InChI is InChI=1S/C18H14N2O2/c1-19-18(22)15-11-16(20-12-7-3-2-4-8-12)13-9-5-6-10-14(13)17(15)21/h2-11H,1H3,(H,19,22). The molecule has 4 nitrogen and oxygen atoms in total. The van der Waals surface area contributed by atoms with Crippen molar-refractivity contribution in [3.63, 3.8) is 0 Å². The molecule has 2 aromatic carbocycles. The van der Waals surface area contributed by atoms with Crippen molar-refractivity contribution in [3.05, 3.63) is 77.4 Å². The molecule has 22 heavy (non-hydrogen) atoms. The molecular weight excluding hydrogens is 276 g/mol. The quantitative estimate of drug-likeness (QED) is 0.864. The monoisotopic (exact) mass is 290 g/mol. The molecule has 0 atom stereocenters. The van der Waals surface area contributed by atoms with E-state index in [0.29, 0.717) is 11.3 Å². The average molecular weight is 290 g/mol. The SMILES string of the molecule is CNC(=O)C1=CC(=Nc2ccccc2)c2ccccc2C1=O. The molecule has 0 spiro atoms. The predicted octanol–water partition coefficient (Wildman–Crippen LogP) is 2.68. The van der Waals surface area contributed by atoms with E-state index in [1.807, 2.05) is 42.5 Å². The molecular formula is C18H14N2O2. The van der Waals surface area contributed by atoms with Gasteiger partial charge in [-0.15, -0.1) is 0 Å². The Labute approximate surface area is 128 Å². The van der Waals surface area contributed by atoms with Gasteiger partial charge in [-0.05, 0) is 18.2 Å². The highest BCUT2D eigenvalue weighted by Crippen LogP contribution is 2.24. The molecule has 0 aliphatic heterocycles. The van der Waals surface area contributed by atoms with Crippen molar-refractivity contribution in [2.24, 2.45) is 4.99 Å². The van der Waals surface area contributed by atoms with Crippen LogP contribution in [-0.2, 0) is 4.79 Å². The number of hydrogen-bond acceptors (Lipinski definition) is 3. The summed E-state index contributed by atoms with van der Waals surface area (Å²) in [5, 5.41) is 2.50. The molecule has 0 aromatic heterocycles. The summed E-state index contributed by atoms with van der Waals surface area (Å²) in [6, 6.07) is 16.6. The Hall–Kier alpha value is -3.01. The van der Waals surface area contributed by atoms with E-state index in [1.54, 1.807) is 18.2 Å². The van der Waals surface area contributed by atoms with Crippen LogP contribution in [0.5, 0.6) is 0 Å². The molecule has 1 N–H and O–H groups in total. The van der Waals surface area contributed by atoms with E-state index >= 15 is 0 Å². The number of nitrogens with zero attached hydrogens (tertiary/aromatic N) is 1. The molecule has 0 heterocycles. The van der Waals surface area contributed by atoms with Gasteiger partial charge in [0.25, 0.3) is 5.91 Å². The Morgan fingerprint density at radius 3 is 2.27 bits per heavy atom. The molecule has 4 heteroatoms. The summed E-state index contributed by atoms with van der Waals surface area (Å²) >= 11 is 0. The van der Waals surface area contributed by atoms with Crippen LogP contribution in [0.4, 0.5) is 5.69 Å². The van der Waals surface area contributed by atoms with Gasteiger partial charge >= 0.3 is 0 Å². The Bertz CT molecular complexity index is 805. The molecule has 1 aliphatic carbocycles. The molecule has 0 unspecified atom stereocenters. The maximum Gasteiger partial charge on any atom is 0.255 e. The van der Waals surface area contributed by atoms with E-state index in [2.05, 4.69) is 10.3 Å². The van der Waals surface area contributed by atoms with Gasteiger partial charge in [0, 0.05) is 18.2 Å². The van der Waals surface area contributed by atoms with Gasteiger partial charge in [-0.2, -0.15) is 0 Å². The number of amides is 1. The zero-order chi connectivity index (χ0) is 15.5. The number of Topliss-reactive ketones (excluding diaryl/α,β-unsaturated/α-hetero) is 1. The highest BCUT2D eigenvalue weighted by molar-refractivity contribution is 6.35. The molecule has 108 valence electrons. The summed E-state index contributed by atoms with van der Waals surface area (Å²) in [6.45, 7) is 0. The average Bonchev–Trinajstić information content (AvgIpc) is 2.58. The summed E-state index contributed by atoms with van der Waals surface area (Å²) in [6.07, 6.45) is 1.55. The summed E-state index contributed by atoms with van der Waals surface area (Å²) in [7, 11) is 1.50. The first kappa shape index (κ1) is 13.9. The fourth-order valence-corrected chi connectivity index (χ4v) is 2.37. The van der Waals surface area contributed by atoms with Gasteiger partial charge in [-0.1, -0.05) is 42.5 Å². The van der Waals surface area contributed by atoms with Crippen LogP contribution in [0, 0.1) is 0 Å². The molecule has 0 radical (unpaired) electrons. The second kappa shape index (κ2) is 5.77. The minimum absolute atomic E-state index is 0.107. The Kier molecular flexibility index (Phi) is 3.66. The molecule has 2 aromatic rings. The second-order valence-electron chi connectivity index (χ2n) is 4.84. The summed E-state index contributed by atoms with van der Waals surface area (Å²) in [5.41, 5.74) is 2.73. The van der Waals surface area contributed by atoms with E-state index in [4.69, 9.17) is 0 Å². The minimum atomic E-state index is -0.403. The third kappa shape index (κ3) is 2.46. The molecule has 0 fully saturated rings. The fourth-order valence-electron chi connectivity index (χ4n) is 2.37. The van der Waals surface area contributed by atoms with Crippen molar-refractivity contribution in [1.82, 2.24) is 5.32 Å². The number of nitrogens with one attached hydrogen (secondary N) is 1. The first-order valence-corrected chi connectivity index (χ1v) is 6.92. The summed E-state index contributed by atoms with van der Waals surface area (Å²) in [5.74, 6) is -0.678. The van der Waals surface area contributed by atoms with Gasteiger partial charge in [-0.25, -0.2) is 4.99 Å². The molecule has 0 bridgehead atoms. The zero-order valence-corrected chi connectivity index (χ0v) is 12.0. The van der Waals surface area contributed by atoms with E-state index < -0.39 is 5.91 Å². The van der Waals surface area contributed by atoms with E-state index in [1.165, 1.54) is 7.05 Å². The van der Waals surface area contributed by atoms with Crippen molar-refractivity contribution in [3.8, 4) is 0 Å². The Balaban J connectivity index is 2.18. The van der Waals surface area contributed by atoms with Gasteiger partial charge in [0.15, 0.2) is 5.78 Å². The van der Waals surface area contributed by atoms with Crippen LogP contribution in [0.2, 0.25) is 0 Å². The summed E-state index contributed by atoms with van der Waals surface area (Å²) < 4.78 is 0. The Morgan fingerprint density at radius 2 is 1.59 bits per heavy atom. The van der Waals surface area contributed by atoms with E-state index in [9.17, 15) is 9.59 Å². The highest BCUT2D eigenvalue weighted by atomic mass is 16.2. The number of fused-ring (bicyclic) bond motifs is 1. The summed E-state index contributed by atoms with van der Waals surface area (Å²) in [4.78, 5) is 28.9. The van der Waals surface area contributed by atoms with Crippen LogP contribution in [0.3, 0.4) is 0 Å². The van der Waals surface area contributed by atoms with Crippen LogP contribution in [0.1, 0.15) is 15.9 Å². The molecule has 3 rings (SSSR count). The number of carbonyl (C=O) groups is 2. The number of likely N-dealkylation sites (N-methyl/N-ethyl adjacent to an activating group) is 1. The van der Waals surface area contributed by atoms with Crippen molar-refractivity contribution >= 4 is 23.1 Å². The van der Waals surface area contributed by atoms with Crippen molar-refractivity contribution in [1.29, 1.82) is 0 Å². The van der Waals surface area contributed by atoms with Gasteiger partial charge in [-0.3, -0.25) is 9.59 Å². The molecule has 0 saturated heterocycles.